The summed E-state index contributed by atoms with van der Waals surface area (Å²) in [6.07, 6.45) is 10.8. The van der Waals surface area contributed by atoms with E-state index < -0.39 is 5.54 Å². The van der Waals surface area contributed by atoms with Gasteiger partial charge in [0.25, 0.3) is 0 Å². The number of aryl methyl sites for hydroxylation is 2. The van der Waals surface area contributed by atoms with Crippen LogP contribution in [0.3, 0.4) is 0 Å². The minimum Gasteiger partial charge on any atom is -0.394 e. The molecule has 0 aliphatic heterocycles. The summed E-state index contributed by atoms with van der Waals surface area (Å²) in [6.45, 7) is 2.19. The molecular weight excluding hydrogens is 329 g/mol. The normalized spacial score (nSPS) is 13.4. The summed E-state index contributed by atoms with van der Waals surface area (Å²) in [4.78, 5) is 0. The molecule has 0 heterocycles. The van der Waals surface area contributed by atoms with Crippen LogP contribution >= 0.6 is 24.0 Å². The van der Waals surface area contributed by atoms with Crippen molar-refractivity contribution in [2.75, 3.05) is 12.5 Å². The second-order valence-electron chi connectivity index (χ2n) is 6.49. The summed E-state index contributed by atoms with van der Waals surface area (Å²) >= 11 is 5.82. The molecule has 134 valence electrons. The Hall–Kier alpha value is -0.280. The summed E-state index contributed by atoms with van der Waals surface area (Å²) in [5.74, 6) is 0.291. The Morgan fingerprint density at radius 2 is 1.48 bits per heavy atom. The molecule has 0 saturated carbocycles. The second-order valence-corrected chi connectivity index (χ2v) is 6.76. The zero-order valence-corrected chi connectivity index (χ0v) is 16.0. The molecule has 0 aromatic heterocycles. The number of rotatable bonds is 12. The van der Waals surface area contributed by atoms with E-state index in [2.05, 4.69) is 31.2 Å². The molecule has 0 aliphatic rings. The van der Waals surface area contributed by atoms with Gasteiger partial charge in [0.2, 0.25) is 0 Å². The van der Waals surface area contributed by atoms with Gasteiger partial charge in [-0.15, -0.1) is 24.0 Å². The number of aliphatic hydroxyl groups is 1. The lowest BCUT2D eigenvalue weighted by molar-refractivity contribution is 0.203. The first-order chi connectivity index (χ1) is 10.6. The SMILES string of the molecule is CCCCCCCCc1ccc(CCC(N)(CO)CCl)cc1.Cl. The van der Waals surface area contributed by atoms with Crippen molar-refractivity contribution in [3.63, 3.8) is 0 Å². The first-order valence-corrected chi connectivity index (χ1v) is 9.20. The summed E-state index contributed by atoms with van der Waals surface area (Å²) in [6, 6.07) is 8.80. The number of benzene rings is 1. The van der Waals surface area contributed by atoms with Crippen LogP contribution in [0.25, 0.3) is 0 Å². The van der Waals surface area contributed by atoms with E-state index in [0.717, 1.165) is 6.42 Å². The van der Waals surface area contributed by atoms with Crippen LogP contribution in [0.5, 0.6) is 0 Å². The molecule has 0 aliphatic carbocycles. The van der Waals surface area contributed by atoms with Crippen molar-refractivity contribution in [1.29, 1.82) is 0 Å². The fourth-order valence-corrected chi connectivity index (χ4v) is 2.78. The van der Waals surface area contributed by atoms with Gasteiger partial charge in [-0.3, -0.25) is 0 Å². The lowest BCUT2D eigenvalue weighted by atomic mass is 9.94. The molecule has 1 aromatic carbocycles. The van der Waals surface area contributed by atoms with E-state index in [9.17, 15) is 5.11 Å². The Kier molecular flexibility index (Phi) is 12.9. The van der Waals surface area contributed by atoms with Crippen molar-refractivity contribution in [2.24, 2.45) is 5.73 Å². The van der Waals surface area contributed by atoms with E-state index in [1.807, 2.05) is 0 Å². The minimum atomic E-state index is -0.654. The Balaban J connectivity index is 0.00000484. The van der Waals surface area contributed by atoms with E-state index in [1.165, 1.54) is 56.1 Å². The molecule has 1 aromatic rings. The summed E-state index contributed by atoms with van der Waals surface area (Å²) < 4.78 is 0. The van der Waals surface area contributed by atoms with Crippen LogP contribution in [0, 0.1) is 0 Å². The molecule has 0 radical (unpaired) electrons. The predicted octanol–water partition coefficient (Wildman–Crippen LogP) is 4.87. The quantitative estimate of drug-likeness (QED) is 0.411. The summed E-state index contributed by atoms with van der Waals surface area (Å²) in [5, 5.41) is 9.27. The smallest absolute Gasteiger partial charge is 0.0623 e. The molecule has 0 bridgehead atoms. The average molecular weight is 362 g/mol. The third-order valence-corrected chi connectivity index (χ3v) is 4.87. The summed E-state index contributed by atoms with van der Waals surface area (Å²) in [7, 11) is 0. The fraction of sp³-hybridized carbons (Fsp3) is 0.684. The number of unbranched alkanes of at least 4 members (excludes halogenated alkanes) is 5. The van der Waals surface area contributed by atoms with Crippen LogP contribution in [-0.4, -0.2) is 23.1 Å². The van der Waals surface area contributed by atoms with Crippen molar-refractivity contribution < 1.29 is 5.11 Å². The molecular formula is C19H33Cl2NO. The van der Waals surface area contributed by atoms with Crippen LogP contribution in [0.15, 0.2) is 24.3 Å². The van der Waals surface area contributed by atoms with Gasteiger partial charge in [-0.25, -0.2) is 0 Å². The highest BCUT2D eigenvalue weighted by Gasteiger charge is 2.22. The topological polar surface area (TPSA) is 46.2 Å². The Labute approximate surface area is 153 Å². The second kappa shape index (κ2) is 13.1. The predicted molar refractivity (Wildman–Crippen MR) is 104 cm³/mol. The van der Waals surface area contributed by atoms with Crippen molar-refractivity contribution in [1.82, 2.24) is 0 Å². The largest absolute Gasteiger partial charge is 0.394 e. The maximum Gasteiger partial charge on any atom is 0.0623 e. The molecule has 0 fully saturated rings. The standard InChI is InChI=1S/C19H32ClNO.ClH/c1-2-3-4-5-6-7-8-17-9-11-18(12-10-17)13-14-19(21,15-20)16-22;/h9-12,22H,2-8,13-16,21H2,1H3;1H. The number of alkyl halides is 1. The molecule has 4 heteroatoms. The zero-order chi connectivity index (χ0) is 16.3. The fourth-order valence-electron chi connectivity index (χ4n) is 2.56. The van der Waals surface area contributed by atoms with Gasteiger partial charge < -0.3 is 10.8 Å². The third-order valence-electron chi connectivity index (χ3n) is 4.33. The lowest BCUT2D eigenvalue weighted by Crippen LogP contribution is -2.46. The number of halogens is 2. The van der Waals surface area contributed by atoms with Crippen molar-refractivity contribution in [3.8, 4) is 0 Å². The van der Waals surface area contributed by atoms with E-state index in [1.54, 1.807) is 0 Å². The molecule has 1 rings (SSSR count). The first-order valence-electron chi connectivity index (χ1n) is 8.67. The molecule has 0 spiro atoms. The van der Waals surface area contributed by atoms with Crippen LogP contribution in [0.1, 0.15) is 63.0 Å². The van der Waals surface area contributed by atoms with Gasteiger partial charge in [-0.1, -0.05) is 63.3 Å². The summed E-state index contributed by atoms with van der Waals surface area (Å²) in [5.41, 5.74) is 8.03. The van der Waals surface area contributed by atoms with Crippen molar-refractivity contribution >= 4 is 24.0 Å². The Bertz CT molecular complexity index is 391. The van der Waals surface area contributed by atoms with Crippen LogP contribution < -0.4 is 5.73 Å². The molecule has 2 nitrogen and oxygen atoms in total. The molecule has 23 heavy (non-hydrogen) atoms. The van der Waals surface area contributed by atoms with Gasteiger partial charge in [-0.05, 0) is 36.8 Å². The van der Waals surface area contributed by atoms with Gasteiger partial charge in [0, 0.05) is 5.88 Å². The monoisotopic (exact) mass is 361 g/mol. The molecule has 1 unspecified atom stereocenters. The number of hydrogen-bond donors (Lipinski definition) is 2. The highest BCUT2D eigenvalue weighted by atomic mass is 35.5. The van der Waals surface area contributed by atoms with Crippen LogP contribution in [0.4, 0.5) is 0 Å². The molecule has 0 amide bonds. The minimum absolute atomic E-state index is 0. The van der Waals surface area contributed by atoms with Crippen LogP contribution in [-0.2, 0) is 12.8 Å². The third kappa shape index (κ3) is 9.56. The number of nitrogens with two attached hydrogens (primary N) is 1. The Morgan fingerprint density at radius 3 is 2.00 bits per heavy atom. The van der Waals surface area contributed by atoms with Gasteiger partial charge >= 0.3 is 0 Å². The number of hydrogen-bond acceptors (Lipinski definition) is 2. The van der Waals surface area contributed by atoms with E-state index in [0.29, 0.717) is 12.3 Å². The molecule has 0 saturated heterocycles. The highest BCUT2D eigenvalue weighted by Crippen LogP contribution is 2.15. The van der Waals surface area contributed by atoms with E-state index >= 15 is 0 Å². The highest BCUT2D eigenvalue weighted by molar-refractivity contribution is 6.18. The van der Waals surface area contributed by atoms with Gasteiger partial charge in [-0.2, -0.15) is 0 Å². The van der Waals surface area contributed by atoms with Crippen molar-refractivity contribution in [3.05, 3.63) is 35.4 Å². The van der Waals surface area contributed by atoms with Gasteiger partial charge in [0.05, 0.1) is 12.1 Å². The van der Waals surface area contributed by atoms with Gasteiger partial charge in [0.1, 0.15) is 0 Å². The maximum absolute atomic E-state index is 9.27. The van der Waals surface area contributed by atoms with E-state index in [4.69, 9.17) is 17.3 Å². The molecule has 1 atom stereocenters. The van der Waals surface area contributed by atoms with Crippen LogP contribution in [0.2, 0.25) is 0 Å². The zero-order valence-electron chi connectivity index (χ0n) is 14.4. The lowest BCUT2D eigenvalue weighted by Gasteiger charge is -2.24. The van der Waals surface area contributed by atoms with E-state index in [-0.39, 0.29) is 19.0 Å². The Morgan fingerprint density at radius 1 is 0.957 bits per heavy atom. The average Bonchev–Trinajstić information content (AvgIpc) is 2.57. The van der Waals surface area contributed by atoms with Crippen molar-refractivity contribution in [2.45, 2.75) is 70.3 Å². The number of aliphatic hydroxyl groups excluding tert-OH is 1. The molecule has 3 N–H and O–H groups in total. The van der Waals surface area contributed by atoms with Gasteiger partial charge in [0.15, 0.2) is 0 Å². The first kappa shape index (κ1) is 22.7. The maximum atomic E-state index is 9.27.